The fraction of sp³-hybridized carbons (Fsp3) is 0. The molecule has 0 spiro atoms. The lowest BCUT2D eigenvalue weighted by atomic mass is 10.1. The van der Waals surface area contributed by atoms with Gasteiger partial charge < -0.3 is 4.98 Å². The standard InChI is InChI=1S/C10H6BrClN/c11-9-6-13-5-8(9)7-3-1-2-4-10(7)12/h1-4,6,13H. The normalized spacial score (nSPS) is 10.3. The van der Waals surface area contributed by atoms with E-state index >= 15 is 0 Å². The van der Waals surface area contributed by atoms with Gasteiger partial charge in [0.25, 0.3) is 0 Å². The van der Waals surface area contributed by atoms with Crippen LogP contribution in [0.25, 0.3) is 11.1 Å². The van der Waals surface area contributed by atoms with Crippen molar-refractivity contribution < 1.29 is 0 Å². The van der Waals surface area contributed by atoms with Gasteiger partial charge in [-0.2, -0.15) is 0 Å². The second-order valence-corrected chi connectivity index (χ2v) is 3.88. The first-order valence-corrected chi connectivity index (χ1v) is 4.95. The van der Waals surface area contributed by atoms with Crippen molar-refractivity contribution in [2.75, 3.05) is 0 Å². The molecule has 0 aliphatic carbocycles. The van der Waals surface area contributed by atoms with Crippen LogP contribution >= 0.6 is 27.5 Å². The molecule has 0 aliphatic heterocycles. The Labute approximate surface area is 89.9 Å². The van der Waals surface area contributed by atoms with Crippen LogP contribution in [0.5, 0.6) is 0 Å². The van der Waals surface area contributed by atoms with E-state index in [1.807, 2.05) is 30.5 Å². The molecule has 0 fully saturated rings. The number of rotatable bonds is 1. The van der Waals surface area contributed by atoms with Gasteiger partial charge in [-0.3, -0.25) is 0 Å². The summed E-state index contributed by atoms with van der Waals surface area (Å²) in [6, 6.07) is 7.69. The lowest BCUT2D eigenvalue weighted by molar-refractivity contribution is 1.39. The first-order valence-electron chi connectivity index (χ1n) is 3.78. The van der Waals surface area contributed by atoms with Crippen molar-refractivity contribution in [2.24, 2.45) is 0 Å². The van der Waals surface area contributed by atoms with Gasteiger partial charge >= 0.3 is 0 Å². The third-order valence-electron chi connectivity index (χ3n) is 1.78. The van der Waals surface area contributed by atoms with Gasteiger partial charge in [0.2, 0.25) is 0 Å². The molecule has 1 nitrogen and oxygen atoms in total. The van der Waals surface area contributed by atoms with Crippen molar-refractivity contribution in [3.05, 3.63) is 46.2 Å². The minimum absolute atomic E-state index is 0.735. The van der Waals surface area contributed by atoms with Gasteiger partial charge in [-0.15, -0.1) is 0 Å². The Balaban J connectivity index is 2.59. The molecule has 0 aliphatic rings. The molecule has 0 amide bonds. The molecule has 1 heterocycles. The van der Waals surface area contributed by atoms with E-state index in [0.29, 0.717) is 0 Å². The summed E-state index contributed by atoms with van der Waals surface area (Å²) < 4.78 is 0.973. The number of hydrogen-bond acceptors (Lipinski definition) is 0. The molecule has 0 unspecified atom stereocenters. The molecule has 0 atom stereocenters. The third kappa shape index (κ3) is 1.64. The predicted molar refractivity (Wildman–Crippen MR) is 57.8 cm³/mol. The van der Waals surface area contributed by atoms with E-state index in [0.717, 1.165) is 20.6 Å². The average molecular weight is 256 g/mol. The summed E-state index contributed by atoms with van der Waals surface area (Å²) in [7, 11) is 0. The molecular weight excluding hydrogens is 249 g/mol. The zero-order valence-electron chi connectivity index (χ0n) is 6.64. The summed E-state index contributed by atoms with van der Waals surface area (Å²) in [5, 5.41) is 0.735. The van der Waals surface area contributed by atoms with Crippen LogP contribution in [0, 0.1) is 6.20 Å². The van der Waals surface area contributed by atoms with Crippen LogP contribution in [-0.2, 0) is 0 Å². The van der Waals surface area contributed by atoms with Gasteiger partial charge in [-0.1, -0.05) is 29.8 Å². The predicted octanol–water partition coefficient (Wildman–Crippen LogP) is 3.90. The SMILES string of the molecule is Clc1ccccc1-c1[c][nH]cc1Br. The Bertz CT molecular complexity index is 422. The fourth-order valence-electron chi connectivity index (χ4n) is 1.16. The lowest BCUT2D eigenvalue weighted by Crippen LogP contribution is -1.76. The van der Waals surface area contributed by atoms with Crippen LogP contribution < -0.4 is 0 Å². The maximum Gasteiger partial charge on any atom is 0.0718 e. The lowest BCUT2D eigenvalue weighted by Gasteiger charge is -2.00. The van der Waals surface area contributed by atoms with Crippen molar-refractivity contribution >= 4 is 27.5 Å². The number of benzene rings is 1. The first kappa shape index (κ1) is 8.85. The van der Waals surface area contributed by atoms with Crippen molar-refractivity contribution in [1.29, 1.82) is 0 Å². The molecule has 1 radical (unpaired) electrons. The molecule has 0 bridgehead atoms. The van der Waals surface area contributed by atoms with Crippen molar-refractivity contribution in [2.45, 2.75) is 0 Å². The number of aromatic amines is 1. The number of aromatic nitrogens is 1. The molecule has 0 saturated carbocycles. The average Bonchev–Trinajstić information content (AvgIpc) is 2.52. The van der Waals surface area contributed by atoms with Gasteiger partial charge in [0.15, 0.2) is 0 Å². The molecule has 13 heavy (non-hydrogen) atoms. The summed E-state index contributed by atoms with van der Waals surface area (Å²) in [6.07, 6.45) is 4.84. The first-order chi connectivity index (χ1) is 6.29. The van der Waals surface area contributed by atoms with Crippen LogP contribution in [0.2, 0.25) is 5.02 Å². The highest BCUT2D eigenvalue weighted by Gasteiger charge is 2.06. The molecule has 2 aromatic rings. The fourth-order valence-corrected chi connectivity index (χ4v) is 1.82. The molecular formula is C10H6BrClN. The zero-order valence-corrected chi connectivity index (χ0v) is 8.98. The Morgan fingerprint density at radius 2 is 2.08 bits per heavy atom. The monoisotopic (exact) mass is 254 g/mol. The van der Waals surface area contributed by atoms with E-state index in [1.54, 1.807) is 0 Å². The van der Waals surface area contributed by atoms with E-state index < -0.39 is 0 Å². The Morgan fingerprint density at radius 1 is 1.31 bits per heavy atom. The molecule has 1 aromatic carbocycles. The van der Waals surface area contributed by atoms with E-state index in [4.69, 9.17) is 11.6 Å². The smallest absolute Gasteiger partial charge is 0.0718 e. The van der Waals surface area contributed by atoms with Crippen LogP contribution in [0.4, 0.5) is 0 Å². The maximum atomic E-state index is 6.03. The Morgan fingerprint density at radius 3 is 2.69 bits per heavy atom. The van der Waals surface area contributed by atoms with Crippen LogP contribution in [0.3, 0.4) is 0 Å². The zero-order chi connectivity index (χ0) is 9.26. The second kappa shape index (κ2) is 3.56. The summed E-state index contributed by atoms with van der Waals surface area (Å²) in [5.74, 6) is 0. The molecule has 1 aromatic heterocycles. The minimum Gasteiger partial charge on any atom is -0.358 e. The van der Waals surface area contributed by atoms with Gasteiger partial charge in [0, 0.05) is 26.8 Å². The number of H-pyrrole nitrogens is 1. The Hall–Kier alpha value is -0.730. The van der Waals surface area contributed by atoms with E-state index in [9.17, 15) is 0 Å². The highest BCUT2D eigenvalue weighted by atomic mass is 79.9. The van der Waals surface area contributed by atoms with Crippen molar-refractivity contribution in [3.63, 3.8) is 0 Å². The van der Waals surface area contributed by atoms with Gasteiger partial charge in [0.1, 0.15) is 0 Å². The summed E-state index contributed by atoms with van der Waals surface area (Å²) in [5.41, 5.74) is 1.95. The van der Waals surface area contributed by atoms with Gasteiger partial charge in [-0.05, 0) is 22.0 Å². The number of nitrogens with one attached hydrogen (secondary N) is 1. The minimum atomic E-state index is 0.735. The molecule has 2 rings (SSSR count). The number of hydrogen-bond donors (Lipinski definition) is 1. The second-order valence-electron chi connectivity index (χ2n) is 2.62. The quantitative estimate of drug-likeness (QED) is 0.795. The van der Waals surface area contributed by atoms with Crippen LogP contribution in [0.15, 0.2) is 34.9 Å². The highest BCUT2D eigenvalue weighted by Crippen LogP contribution is 2.32. The van der Waals surface area contributed by atoms with E-state index in [2.05, 4.69) is 27.1 Å². The molecule has 0 saturated heterocycles. The molecule has 65 valence electrons. The van der Waals surface area contributed by atoms with E-state index in [-0.39, 0.29) is 0 Å². The summed E-state index contributed by atoms with van der Waals surface area (Å²) >= 11 is 9.45. The van der Waals surface area contributed by atoms with Crippen LogP contribution in [0.1, 0.15) is 0 Å². The molecule has 1 N–H and O–H groups in total. The third-order valence-corrected chi connectivity index (χ3v) is 2.73. The van der Waals surface area contributed by atoms with E-state index in [1.165, 1.54) is 0 Å². The maximum absolute atomic E-state index is 6.03. The highest BCUT2D eigenvalue weighted by molar-refractivity contribution is 9.10. The van der Waals surface area contributed by atoms with Crippen molar-refractivity contribution in [3.8, 4) is 11.1 Å². The summed E-state index contributed by atoms with van der Waals surface area (Å²) in [4.78, 5) is 2.89. The summed E-state index contributed by atoms with van der Waals surface area (Å²) in [6.45, 7) is 0. The van der Waals surface area contributed by atoms with Gasteiger partial charge in [0.05, 0.1) is 6.20 Å². The molecule has 3 heteroatoms. The number of halogens is 2. The van der Waals surface area contributed by atoms with Crippen molar-refractivity contribution in [1.82, 2.24) is 4.98 Å². The Kier molecular flexibility index (Phi) is 2.42. The van der Waals surface area contributed by atoms with Crippen LogP contribution in [-0.4, -0.2) is 4.98 Å². The topological polar surface area (TPSA) is 15.8 Å². The van der Waals surface area contributed by atoms with Gasteiger partial charge in [-0.25, -0.2) is 0 Å². The largest absolute Gasteiger partial charge is 0.358 e.